The monoisotopic (exact) mass is 1490 g/mol. The van der Waals surface area contributed by atoms with Crippen molar-refractivity contribution in [3.8, 4) is 84.3 Å². The van der Waals surface area contributed by atoms with Crippen LogP contribution < -0.4 is 30.1 Å². The Labute approximate surface area is 637 Å². The van der Waals surface area contributed by atoms with Crippen LogP contribution in [-0.2, 0) is 37.3 Å². The van der Waals surface area contributed by atoms with Crippen LogP contribution in [0, 0.1) is 18.5 Å². The molecule has 0 fully saturated rings. The molecule has 15 aromatic rings. The number of benzene rings is 12. The van der Waals surface area contributed by atoms with Crippen LogP contribution in [-0.4, -0.2) is 22.2 Å². The second-order valence-electron chi connectivity index (χ2n) is 24.3. The zero-order valence-electron chi connectivity index (χ0n) is 89.4. The smallest absolute Gasteiger partial charge is 0.268 e. The number of aromatic nitrogens is 4. The first-order chi connectivity index (χ1) is 62.4. The molecule has 7 heteroatoms. The van der Waals surface area contributed by atoms with E-state index in [0.29, 0.717) is 22.5 Å². The van der Waals surface area contributed by atoms with E-state index in [1.165, 1.54) is 51.6 Å². The van der Waals surface area contributed by atoms with Gasteiger partial charge in [0.25, 0.3) is 6.33 Å². The van der Waals surface area contributed by atoms with Gasteiger partial charge in [-0.25, -0.2) is 4.98 Å². The first-order valence-corrected chi connectivity index (χ1v) is 32.4. The minimum absolute atomic E-state index is 0. The summed E-state index contributed by atoms with van der Waals surface area (Å²) in [6.45, 7) is -11.6. The quantitative estimate of drug-likeness (QED) is 0.0592. The van der Waals surface area contributed by atoms with Crippen molar-refractivity contribution < 1.29 is 82.5 Å². The second kappa shape index (κ2) is 23.8. The van der Waals surface area contributed by atoms with E-state index in [-0.39, 0.29) is 88.2 Å². The van der Waals surface area contributed by atoms with Crippen LogP contribution in [0.15, 0.2) is 285 Å². The summed E-state index contributed by atoms with van der Waals surface area (Å²) in [6.07, 6.45) is -4.32. The molecule has 4 heterocycles. The van der Waals surface area contributed by atoms with Crippen molar-refractivity contribution in [2.45, 2.75) is 77.2 Å². The van der Waals surface area contributed by atoms with Crippen molar-refractivity contribution in [1.29, 1.82) is 0 Å². The van der Waals surface area contributed by atoms with E-state index >= 15 is 0 Å². The minimum atomic E-state index is -6.57. The van der Waals surface area contributed by atoms with E-state index < -0.39 is 241 Å². The van der Waals surface area contributed by atoms with Gasteiger partial charge < -0.3 is 13.9 Å². The molecule has 0 atom stereocenters. The summed E-state index contributed by atoms with van der Waals surface area (Å²) in [7, 11) is -6.57. The average Bonchev–Trinajstić information content (AvgIpc) is 0.670. The zero-order chi connectivity index (χ0) is 97.8. The van der Waals surface area contributed by atoms with Gasteiger partial charge in [0.1, 0.15) is 5.82 Å². The Hall–Kier alpha value is -10.2. The molecule has 474 valence electrons. The molecule has 0 N–H and O–H groups in total. The third kappa shape index (κ3) is 10.3. The maximum absolute atomic E-state index is 11.2. The van der Waals surface area contributed by atoms with Gasteiger partial charge >= 0.3 is 0 Å². The molecular weight excluding hydrogens is 1380 g/mol. The summed E-state index contributed by atoms with van der Waals surface area (Å²) in [5.41, 5.74) is -12.8. The molecule has 0 unspecified atom stereocenters. The maximum atomic E-state index is 11.2. The van der Waals surface area contributed by atoms with Crippen LogP contribution in [0.4, 0.5) is 0 Å². The molecule has 0 amide bonds. The third-order valence-corrected chi connectivity index (χ3v) is 21.5. The van der Waals surface area contributed by atoms with Crippen LogP contribution in [0.1, 0.15) is 130 Å². The van der Waals surface area contributed by atoms with Crippen LogP contribution in [0.2, 0.25) is 0 Å². The fraction of sp³-hybridized carbons (Fsp3) is 0.133. The van der Waals surface area contributed by atoms with Gasteiger partial charge in [-0.05, 0) is 157 Å². The van der Waals surface area contributed by atoms with E-state index in [2.05, 4.69) is 39.2 Å². The molecule has 1 aliphatic heterocycles. The summed E-state index contributed by atoms with van der Waals surface area (Å²) in [5, 5.41) is -2.94. The Morgan fingerprint density at radius 1 is 0.515 bits per heavy atom. The summed E-state index contributed by atoms with van der Waals surface area (Å²) in [4.78, 5) is 4.82. The van der Waals surface area contributed by atoms with Crippen LogP contribution >= 0.6 is 0 Å². The van der Waals surface area contributed by atoms with Gasteiger partial charge in [-0.2, -0.15) is 18.2 Å². The number of hydrogen-bond acceptors (Lipinski definition) is 2. The van der Waals surface area contributed by atoms with E-state index in [9.17, 15) is 39.8 Å². The molecule has 0 saturated heterocycles. The summed E-state index contributed by atoms with van der Waals surface area (Å²) >= 11 is 0. The SMILES string of the molecule is [2H]c1c([2H])c([2H])c([Si](c2c([2H])c([2H])c([2H])c([2H])c2[2H])(c2c([2H])c([2H])c([2H])c([2H])c2[2H])c2c([2H])c([2H])c([2H])c(-c3cccc4c3-[n+]3[c-]n(-c5[c-]c(Oc6[c-]c7c(cc6)c6ccccc6n7-c6cc(C(C)(C)C)ccn6)ccc5)c5cc(-c6c([2H])c([2H])c7c(c6[2H])C(C([2H])([2H])[2H])(C([2H])([2H])[2H])C([2H])([2H])C([2H])([2H])C7(C([2H])([2H])[2H])C([2H])([2H])[2H])cc(c53)-c3ccccc3-c3ccccc3-4)c2[2H])c([2H])c1[2H].[Pt]. The number of hydrogen-bond donors (Lipinski definition) is 0. The summed E-state index contributed by atoms with van der Waals surface area (Å²) in [5.74, 6) is 0.582. The van der Waals surface area contributed by atoms with Crippen molar-refractivity contribution in [1.82, 2.24) is 14.1 Å². The Bertz CT molecular complexity index is 7370. The number of imidazole rings is 1. The minimum Gasteiger partial charge on any atom is -0.510 e. The van der Waals surface area contributed by atoms with Crippen molar-refractivity contribution in [3.63, 3.8) is 0 Å². The van der Waals surface area contributed by atoms with Gasteiger partial charge in [-0.1, -0.05) is 278 Å². The largest absolute Gasteiger partial charge is 0.510 e. The van der Waals surface area contributed by atoms with E-state index in [0.717, 1.165) is 21.9 Å². The van der Waals surface area contributed by atoms with Crippen molar-refractivity contribution in [2.75, 3.05) is 0 Å². The molecule has 1 aliphatic carbocycles. The topological polar surface area (TPSA) is 35.9 Å². The fourth-order valence-electron chi connectivity index (χ4n) is 13.1. The van der Waals surface area contributed by atoms with Gasteiger partial charge in [-0.15, -0.1) is 29.7 Å². The standard InChI is InChI=1S/C90H72N4OSi.Pt/c1-88(2,3)63-48-51-91-85(56-63)94-82-43-22-21-40-76(82)77-46-45-66(58-83(77)94)95-65-28-24-27-64(57-65)92-59-93-86-71(61-26-23-35-70(52-61)96(67-29-11-8-12-30-67,68-31-13-9-14-32-68)69-33-15-10-16-34-69)41-25-42-78(86)74-38-19-17-36-72(74)73-37-18-20-39-75(73)79-53-62(55-84(92)87(79)93)60-44-47-80-81(54-60)90(6,7)50-49-89(80,4)5;/h8-48,51-56H,49-50H2,1-7H3;/q-2;/i4D3,5D3,6D3,7D3,8D,9D,10D,11D,12D,13D,14D,15D,16D,23D,26D,29D,30D,31D,32D,33D,34D,35D,44D,47D,49D2,50D2,52D,54D;. The molecule has 12 aromatic carbocycles. The van der Waals surface area contributed by atoms with Gasteiger partial charge in [-0.3, -0.25) is 4.57 Å². The first-order valence-electron chi connectivity index (χ1n) is 49.4. The zero-order valence-corrected chi connectivity index (χ0v) is 54.7. The molecule has 0 radical (unpaired) electrons. The molecule has 0 bridgehead atoms. The second-order valence-corrected chi connectivity index (χ2v) is 27.8. The van der Waals surface area contributed by atoms with Gasteiger partial charge in [0.15, 0.2) is 8.07 Å². The number of para-hydroxylation sites is 2. The fourth-order valence-corrected chi connectivity index (χ4v) is 16.7. The number of ether oxygens (including phenoxy) is 1. The van der Waals surface area contributed by atoms with E-state index in [4.69, 9.17) is 22.1 Å². The van der Waals surface area contributed by atoms with E-state index in [1.807, 2.05) is 47.0 Å². The average molecular weight is 1490 g/mol. The van der Waals surface area contributed by atoms with Crippen LogP contribution in [0.5, 0.6) is 11.5 Å². The molecular formula is C90H72N4OPtSi-2. The van der Waals surface area contributed by atoms with Gasteiger partial charge in [0.2, 0.25) is 0 Å². The predicted molar refractivity (Wildman–Crippen MR) is 398 cm³/mol. The van der Waals surface area contributed by atoms with Crippen LogP contribution in [0.3, 0.4) is 0 Å². The summed E-state index contributed by atoms with van der Waals surface area (Å²) < 4.78 is 376. The molecule has 5 nitrogen and oxygen atoms in total. The molecule has 0 saturated carbocycles. The Balaban J connectivity index is 0.0000132. The van der Waals surface area contributed by atoms with Crippen molar-refractivity contribution in [3.05, 3.63) is 320 Å². The maximum Gasteiger partial charge on any atom is 0.268 e. The Morgan fingerprint density at radius 2 is 1.11 bits per heavy atom. The third-order valence-electron chi connectivity index (χ3n) is 17.5. The first kappa shape index (κ1) is 32.7. The number of rotatable bonds is 10. The number of fused-ring (bicyclic) bond motifs is 11. The van der Waals surface area contributed by atoms with Gasteiger partial charge in [0, 0.05) is 66.2 Å². The molecule has 97 heavy (non-hydrogen) atoms. The van der Waals surface area contributed by atoms with Crippen molar-refractivity contribution in [2.24, 2.45) is 0 Å². The molecule has 3 aromatic heterocycles. The number of nitrogens with zero attached hydrogens (tertiary/aromatic N) is 4. The number of pyridine rings is 1. The normalized spacial score (nSPS) is 20.9. The molecule has 0 spiro atoms. The predicted octanol–water partition coefficient (Wildman–Crippen LogP) is 19.3. The van der Waals surface area contributed by atoms with E-state index in [1.54, 1.807) is 66.9 Å². The summed E-state index contributed by atoms with van der Waals surface area (Å²) in [6, 6.07) is 18.7. The Kier molecular flexibility index (Phi) is 8.03. The van der Waals surface area contributed by atoms with Crippen molar-refractivity contribution >= 4 is 61.7 Å². The molecule has 17 rings (SSSR count). The molecule has 2 aliphatic rings. The van der Waals surface area contributed by atoms with Crippen LogP contribution in [0.25, 0.3) is 106 Å². The Morgan fingerprint density at radius 3 is 1.79 bits per heavy atom. The van der Waals surface area contributed by atoms with Gasteiger partial charge in [0.05, 0.1) is 46.9 Å².